The van der Waals surface area contributed by atoms with Crippen LogP contribution in [0.3, 0.4) is 0 Å². The third kappa shape index (κ3) is 6.07. The summed E-state index contributed by atoms with van der Waals surface area (Å²) in [6.07, 6.45) is 2.08. The van der Waals surface area contributed by atoms with Crippen molar-refractivity contribution in [3.8, 4) is 0 Å². The molecule has 0 radical (unpaired) electrons. The summed E-state index contributed by atoms with van der Waals surface area (Å²) in [5, 5.41) is 3.43. The first kappa shape index (κ1) is 19.9. The van der Waals surface area contributed by atoms with Crippen molar-refractivity contribution in [2.75, 3.05) is 71.1 Å². The fourth-order valence-electron chi connectivity index (χ4n) is 3.50. The summed E-state index contributed by atoms with van der Waals surface area (Å²) >= 11 is 0. The molecule has 6 nitrogen and oxygen atoms in total. The molecule has 2 heterocycles. The fourth-order valence-corrected chi connectivity index (χ4v) is 3.50. The van der Waals surface area contributed by atoms with E-state index in [1.807, 2.05) is 19.2 Å². The first-order valence-electron chi connectivity index (χ1n) is 9.88. The van der Waals surface area contributed by atoms with Gasteiger partial charge >= 0.3 is 0 Å². The summed E-state index contributed by atoms with van der Waals surface area (Å²) in [6.45, 7) is 7.74. The maximum Gasteiger partial charge on any atom is 0.193 e. The first-order chi connectivity index (χ1) is 13.3. The number of piperazine rings is 1. The molecular formula is C20H31FN4O2. The van der Waals surface area contributed by atoms with E-state index in [1.54, 1.807) is 0 Å². The van der Waals surface area contributed by atoms with Crippen molar-refractivity contribution in [3.63, 3.8) is 0 Å². The Bertz CT molecular complexity index is 582. The van der Waals surface area contributed by atoms with Gasteiger partial charge in [0.2, 0.25) is 0 Å². The van der Waals surface area contributed by atoms with Crippen molar-refractivity contribution in [1.29, 1.82) is 0 Å². The molecule has 1 unspecified atom stereocenters. The van der Waals surface area contributed by atoms with Gasteiger partial charge in [-0.25, -0.2) is 4.39 Å². The Balaban J connectivity index is 1.32. The van der Waals surface area contributed by atoms with Gasteiger partial charge in [0.15, 0.2) is 5.96 Å². The lowest BCUT2D eigenvalue weighted by molar-refractivity contribution is 0.0887. The fraction of sp³-hybridized carbons (Fsp3) is 0.650. The molecule has 1 atom stereocenters. The van der Waals surface area contributed by atoms with Crippen molar-refractivity contribution >= 4 is 11.6 Å². The van der Waals surface area contributed by atoms with Gasteiger partial charge in [0.05, 0.1) is 13.2 Å². The molecule has 0 aliphatic carbocycles. The van der Waals surface area contributed by atoms with Crippen LogP contribution in [0.4, 0.5) is 10.1 Å². The Kier molecular flexibility index (Phi) is 7.71. The topological polar surface area (TPSA) is 49.3 Å². The third-order valence-electron chi connectivity index (χ3n) is 5.11. The van der Waals surface area contributed by atoms with E-state index in [-0.39, 0.29) is 5.82 Å². The predicted octanol–water partition coefficient (Wildman–Crippen LogP) is 1.97. The standard InChI is InChI=1S/C20H31FN4O2/c1-22-20(23-8-2-13-26-15-17-7-14-27-16-17)25-11-9-24(10-12-25)19-5-3-18(21)4-6-19/h3-6,17H,2,7-16H2,1H3,(H,22,23). The van der Waals surface area contributed by atoms with Crippen molar-refractivity contribution in [1.82, 2.24) is 10.2 Å². The molecule has 2 saturated heterocycles. The van der Waals surface area contributed by atoms with Gasteiger partial charge in [-0.3, -0.25) is 4.99 Å². The molecule has 1 aromatic carbocycles. The van der Waals surface area contributed by atoms with E-state index < -0.39 is 0 Å². The zero-order valence-corrected chi connectivity index (χ0v) is 16.2. The van der Waals surface area contributed by atoms with E-state index in [0.29, 0.717) is 5.92 Å². The quantitative estimate of drug-likeness (QED) is 0.447. The molecule has 2 aliphatic rings. The van der Waals surface area contributed by atoms with Crippen molar-refractivity contribution in [2.45, 2.75) is 12.8 Å². The third-order valence-corrected chi connectivity index (χ3v) is 5.11. The summed E-state index contributed by atoms with van der Waals surface area (Å²) in [5.41, 5.74) is 1.07. The van der Waals surface area contributed by atoms with Crippen LogP contribution in [-0.4, -0.2) is 77.1 Å². The van der Waals surface area contributed by atoms with Crippen molar-refractivity contribution in [3.05, 3.63) is 30.1 Å². The van der Waals surface area contributed by atoms with Gasteiger partial charge in [-0.15, -0.1) is 0 Å². The average molecular weight is 378 g/mol. The van der Waals surface area contributed by atoms with Crippen LogP contribution in [0.1, 0.15) is 12.8 Å². The normalized spacial score (nSPS) is 21.0. The molecule has 2 aliphatic heterocycles. The van der Waals surface area contributed by atoms with E-state index in [1.165, 1.54) is 12.1 Å². The number of hydrogen-bond acceptors (Lipinski definition) is 4. The minimum atomic E-state index is -0.192. The summed E-state index contributed by atoms with van der Waals surface area (Å²) in [6, 6.07) is 6.72. The number of rotatable bonds is 7. The van der Waals surface area contributed by atoms with E-state index in [4.69, 9.17) is 9.47 Å². The highest BCUT2D eigenvalue weighted by Gasteiger charge is 2.20. The second-order valence-corrected chi connectivity index (χ2v) is 7.08. The number of aliphatic imine (C=N–C) groups is 1. The average Bonchev–Trinajstić information content (AvgIpc) is 3.22. The molecule has 1 aromatic rings. The first-order valence-corrected chi connectivity index (χ1v) is 9.88. The highest BCUT2D eigenvalue weighted by atomic mass is 19.1. The van der Waals surface area contributed by atoms with Crippen LogP contribution in [0.5, 0.6) is 0 Å². The largest absolute Gasteiger partial charge is 0.381 e. The van der Waals surface area contributed by atoms with E-state index in [9.17, 15) is 4.39 Å². The lowest BCUT2D eigenvalue weighted by atomic mass is 10.1. The van der Waals surface area contributed by atoms with Gasteiger partial charge in [-0.05, 0) is 37.1 Å². The number of nitrogens with one attached hydrogen (secondary N) is 1. The number of ether oxygens (including phenoxy) is 2. The van der Waals surface area contributed by atoms with Gasteiger partial charge < -0.3 is 24.6 Å². The minimum Gasteiger partial charge on any atom is -0.381 e. The van der Waals surface area contributed by atoms with Crippen molar-refractivity contribution in [2.24, 2.45) is 10.9 Å². The molecule has 0 aromatic heterocycles. The Morgan fingerprint density at radius 1 is 1.26 bits per heavy atom. The molecule has 3 rings (SSSR count). The number of hydrogen-bond donors (Lipinski definition) is 1. The highest BCUT2D eigenvalue weighted by Crippen LogP contribution is 2.17. The number of benzene rings is 1. The molecule has 0 bridgehead atoms. The predicted molar refractivity (Wildman–Crippen MR) is 106 cm³/mol. The maximum absolute atomic E-state index is 13.1. The molecular weight excluding hydrogens is 347 g/mol. The Hall–Kier alpha value is -1.86. The Labute approximate surface area is 161 Å². The monoisotopic (exact) mass is 378 g/mol. The van der Waals surface area contributed by atoms with Crippen LogP contribution in [0.25, 0.3) is 0 Å². The summed E-state index contributed by atoms with van der Waals surface area (Å²) < 4.78 is 24.2. The van der Waals surface area contributed by atoms with Crippen LogP contribution < -0.4 is 10.2 Å². The zero-order chi connectivity index (χ0) is 18.9. The second kappa shape index (κ2) is 10.5. The smallest absolute Gasteiger partial charge is 0.193 e. The minimum absolute atomic E-state index is 0.192. The lowest BCUT2D eigenvalue weighted by Crippen LogP contribution is -2.52. The van der Waals surface area contributed by atoms with Crippen LogP contribution >= 0.6 is 0 Å². The van der Waals surface area contributed by atoms with E-state index in [2.05, 4.69) is 20.1 Å². The van der Waals surface area contributed by atoms with Crippen LogP contribution in [0.2, 0.25) is 0 Å². The highest BCUT2D eigenvalue weighted by molar-refractivity contribution is 5.80. The molecule has 0 spiro atoms. The SMILES string of the molecule is CN=C(NCCCOCC1CCOC1)N1CCN(c2ccc(F)cc2)CC1. The molecule has 1 N–H and O–H groups in total. The molecule has 0 amide bonds. The van der Waals surface area contributed by atoms with Gasteiger partial charge in [-0.2, -0.15) is 0 Å². The van der Waals surface area contributed by atoms with Gasteiger partial charge in [-0.1, -0.05) is 0 Å². The van der Waals surface area contributed by atoms with E-state index in [0.717, 1.165) is 83.6 Å². The molecule has 27 heavy (non-hydrogen) atoms. The number of anilines is 1. The van der Waals surface area contributed by atoms with Crippen LogP contribution in [0.15, 0.2) is 29.3 Å². The Morgan fingerprint density at radius 3 is 2.70 bits per heavy atom. The Morgan fingerprint density at radius 2 is 2.04 bits per heavy atom. The lowest BCUT2D eigenvalue weighted by Gasteiger charge is -2.37. The molecule has 0 saturated carbocycles. The summed E-state index contributed by atoms with van der Waals surface area (Å²) in [7, 11) is 1.82. The van der Waals surface area contributed by atoms with Gasteiger partial charge in [0, 0.05) is 64.6 Å². The molecule has 2 fully saturated rings. The zero-order valence-electron chi connectivity index (χ0n) is 16.2. The maximum atomic E-state index is 13.1. The number of nitrogens with zero attached hydrogens (tertiary/aromatic N) is 3. The van der Waals surface area contributed by atoms with Crippen molar-refractivity contribution < 1.29 is 13.9 Å². The summed E-state index contributed by atoms with van der Waals surface area (Å²) in [5.74, 6) is 1.32. The van der Waals surface area contributed by atoms with Gasteiger partial charge in [0.1, 0.15) is 5.82 Å². The van der Waals surface area contributed by atoms with Crippen LogP contribution in [-0.2, 0) is 9.47 Å². The molecule has 7 heteroatoms. The summed E-state index contributed by atoms with van der Waals surface area (Å²) in [4.78, 5) is 8.96. The van der Waals surface area contributed by atoms with Crippen LogP contribution in [0, 0.1) is 11.7 Å². The molecule has 150 valence electrons. The number of halogens is 1. The second-order valence-electron chi connectivity index (χ2n) is 7.08. The number of guanidine groups is 1. The van der Waals surface area contributed by atoms with E-state index >= 15 is 0 Å². The van der Waals surface area contributed by atoms with Gasteiger partial charge in [0.25, 0.3) is 0 Å².